The smallest absolute Gasteiger partial charge is 0.276 e. The van der Waals surface area contributed by atoms with Crippen LogP contribution in [0.15, 0.2) is 30.3 Å². The van der Waals surface area contributed by atoms with Crippen LogP contribution in [-0.2, 0) is 11.3 Å². The Morgan fingerprint density at radius 2 is 2.15 bits per heavy atom. The Hall–Kier alpha value is -2.55. The first-order chi connectivity index (χ1) is 13.0. The lowest BCUT2D eigenvalue weighted by molar-refractivity contribution is 0.0169. The Labute approximate surface area is 159 Å². The van der Waals surface area contributed by atoms with E-state index in [1.807, 2.05) is 13.0 Å². The zero-order valence-corrected chi connectivity index (χ0v) is 15.7. The Morgan fingerprint density at radius 3 is 2.85 bits per heavy atom. The van der Waals surface area contributed by atoms with Crippen molar-refractivity contribution in [1.82, 2.24) is 10.5 Å². The van der Waals surface area contributed by atoms with Gasteiger partial charge < -0.3 is 9.84 Å². The summed E-state index contributed by atoms with van der Waals surface area (Å²) in [5, 5.41) is 9.43. The van der Waals surface area contributed by atoms with Crippen LogP contribution in [0.25, 0.3) is 10.2 Å². The van der Waals surface area contributed by atoms with Gasteiger partial charge in [-0.15, -0.1) is 11.3 Å². The van der Waals surface area contributed by atoms with Gasteiger partial charge in [0.1, 0.15) is 10.6 Å². The summed E-state index contributed by atoms with van der Waals surface area (Å²) < 4.78 is 19.5. The number of amides is 1. The Kier molecular flexibility index (Phi) is 6.00. The van der Waals surface area contributed by atoms with Crippen LogP contribution in [0.3, 0.4) is 0 Å². The van der Waals surface area contributed by atoms with Crippen molar-refractivity contribution in [3.8, 4) is 5.88 Å². The number of ether oxygens (including phenoxy) is 1. The highest BCUT2D eigenvalue weighted by atomic mass is 32.1. The quantitative estimate of drug-likeness (QED) is 0.479. The van der Waals surface area contributed by atoms with Crippen LogP contribution in [0.1, 0.15) is 26.4 Å². The topological polar surface area (TPSA) is 80.7 Å². The second-order valence-corrected chi connectivity index (χ2v) is 6.97. The highest BCUT2D eigenvalue weighted by molar-refractivity contribution is 7.19. The molecule has 0 spiro atoms. The van der Waals surface area contributed by atoms with E-state index in [1.165, 1.54) is 24.5 Å². The predicted molar refractivity (Wildman–Crippen MR) is 101 cm³/mol. The first kappa shape index (κ1) is 19.2. The molecule has 8 heteroatoms. The van der Waals surface area contributed by atoms with Gasteiger partial charge in [-0.2, -0.15) is 0 Å². The third-order valence-corrected chi connectivity index (χ3v) is 5.06. The second-order valence-electron chi connectivity index (χ2n) is 5.88. The molecule has 0 atom stereocenters. The van der Waals surface area contributed by atoms with E-state index in [2.05, 4.69) is 10.5 Å². The summed E-state index contributed by atoms with van der Waals surface area (Å²) in [6, 6.07) is 8.42. The Morgan fingerprint density at radius 1 is 1.33 bits per heavy atom. The number of carbonyl (C=O) groups is 1. The van der Waals surface area contributed by atoms with Crippen LogP contribution in [0, 0.1) is 12.7 Å². The number of hydroxylamine groups is 1. The minimum Gasteiger partial charge on any atom is -0.481 e. The van der Waals surface area contributed by atoms with Crippen LogP contribution >= 0.6 is 11.3 Å². The van der Waals surface area contributed by atoms with Gasteiger partial charge in [0.05, 0.1) is 25.9 Å². The molecule has 1 amide bonds. The minimum atomic E-state index is -0.468. The third kappa shape index (κ3) is 4.24. The van der Waals surface area contributed by atoms with Crippen LogP contribution in [-0.4, -0.2) is 36.3 Å². The maximum atomic E-state index is 14.3. The molecule has 0 fully saturated rings. The van der Waals surface area contributed by atoms with Crippen molar-refractivity contribution < 1.29 is 23.9 Å². The fraction of sp³-hybridized carbons (Fsp3) is 0.263. The Bertz CT molecular complexity index is 974. The fourth-order valence-corrected chi connectivity index (χ4v) is 3.86. The van der Waals surface area contributed by atoms with Crippen LogP contribution < -0.4 is 10.2 Å². The van der Waals surface area contributed by atoms with Gasteiger partial charge in [-0.3, -0.25) is 9.63 Å². The molecule has 0 saturated heterocycles. The summed E-state index contributed by atoms with van der Waals surface area (Å²) in [7, 11) is 1.51. The monoisotopic (exact) mass is 390 g/mol. The molecule has 0 saturated carbocycles. The highest BCUT2D eigenvalue weighted by Gasteiger charge is 2.21. The average molecular weight is 390 g/mol. The molecule has 0 aliphatic carbocycles. The molecular formula is C19H19FN2O4S. The number of nitrogens with zero attached hydrogens (tertiary/aromatic N) is 1. The maximum absolute atomic E-state index is 14.3. The third-order valence-electron chi connectivity index (χ3n) is 3.96. The van der Waals surface area contributed by atoms with E-state index in [9.17, 15) is 9.18 Å². The SMILES string of the molecule is COc1ccc2c(C(=O)NOCCO)c(Cc3ccc(C)cc3F)sc2n1. The van der Waals surface area contributed by atoms with Crippen LogP contribution in [0.5, 0.6) is 5.88 Å². The number of hydrogen-bond acceptors (Lipinski definition) is 6. The number of aliphatic hydroxyl groups is 1. The molecule has 1 aromatic carbocycles. The molecule has 0 aliphatic rings. The van der Waals surface area contributed by atoms with Crippen molar-refractivity contribution in [2.45, 2.75) is 13.3 Å². The number of benzene rings is 1. The normalized spacial score (nSPS) is 11.0. The number of thiophene rings is 1. The number of fused-ring (bicyclic) bond motifs is 1. The number of halogens is 1. The number of methoxy groups -OCH3 is 1. The zero-order chi connectivity index (χ0) is 19.4. The molecule has 142 valence electrons. The van der Waals surface area contributed by atoms with Crippen LogP contribution in [0.4, 0.5) is 4.39 Å². The number of rotatable bonds is 7. The van der Waals surface area contributed by atoms with Gasteiger partial charge >= 0.3 is 0 Å². The van der Waals surface area contributed by atoms with Crippen molar-refractivity contribution >= 4 is 27.5 Å². The zero-order valence-electron chi connectivity index (χ0n) is 14.9. The molecular weight excluding hydrogens is 371 g/mol. The first-order valence-corrected chi connectivity index (χ1v) is 9.09. The van der Waals surface area contributed by atoms with Crippen molar-refractivity contribution in [3.05, 3.63) is 57.7 Å². The molecule has 3 aromatic rings. The number of pyridine rings is 1. The molecule has 0 unspecified atom stereocenters. The number of aryl methyl sites for hydroxylation is 1. The summed E-state index contributed by atoms with van der Waals surface area (Å²) in [6.07, 6.45) is 0.248. The van der Waals surface area contributed by atoms with Gasteiger partial charge in [-0.1, -0.05) is 12.1 Å². The summed E-state index contributed by atoms with van der Waals surface area (Å²) >= 11 is 1.31. The maximum Gasteiger partial charge on any atom is 0.276 e. The van der Waals surface area contributed by atoms with Gasteiger partial charge in [0.15, 0.2) is 0 Å². The van der Waals surface area contributed by atoms with Gasteiger partial charge in [0.2, 0.25) is 5.88 Å². The van der Waals surface area contributed by atoms with Crippen molar-refractivity contribution in [3.63, 3.8) is 0 Å². The molecule has 3 rings (SSSR count). The lowest BCUT2D eigenvalue weighted by Gasteiger charge is -2.08. The molecule has 27 heavy (non-hydrogen) atoms. The minimum absolute atomic E-state index is 0.0260. The van der Waals surface area contributed by atoms with E-state index in [0.717, 1.165) is 5.56 Å². The summed E-state index contributed by atoms with van der Waals surface area (Å²) in [4.78, 5) is 23.2. The average Bonchev–Trinajstić information content (AvgIpc) is 3.01. The van der Waals surface area contributed by atoms with E-state index in [0.29, 0.717) is 32.1 Å². The number of carbonyl (C=O) groups excluding carboxylic acids is 1. The lowest BCUT2D eigenvalue weighted by atomic mass is 10.0. The van der Waals surface area contributed by atoms with E-state index in [4.69, 9.17) is 14.7 Å². The molecule has 6 nitrogen and oxygen atoms in total. The summed E-state index contributed by atoms with van der Waals surface area (Å²) in [6.45, 7) is 1.58. The van der Waals surface area contributed by atoms with E-state index >= 15 is 0 Å². The number of nitrogens with one attached hydrogen (secondary N) is 1. The van der Waals surface area contributed by atoms with Gasteiger partial charge in [-0.05, 0) is 30.2 Å². The molecule has 0 radical (unpaired) electrons. The predicted octanol–water partition coefficient (Wildman–Crippen LogP) is 3.00. The standard InChI is InChI=1S/C19H19FN2O4S/c1-11-3-4-12(14(20)9-11)10-15-17(18(24)22-26-8-7-23)13-5-6-16(25-2)21-19(13)27-15/h3-6,9,23H,7-8,10H2,1-2H3,(H,22,24). The van der Waals surface area contributed by atoms with Gasteiger partial charge in [0, 0.05) is 22.8 Å². The Balaban J connectivity index is 2.03. The molecule has 2 N–H and O–H groups in total. The molecule has 0 bridgehead atoms. The van der Waals surface area contributed by atoms with Gasteiger partial charge in [0.25, 0.3) is 5.91 Å². The largest absolute Gasteiger partial charge is 0.481 e. The van der Waals surface area contributed by atoms with E-state index < -0.39 is 5.91 Å². The summed E-state index contributed by atoms with van der Waals surface area (Å²) in [5.41, 5.74) is 4.01. The van der Waals surface area contributed by atoms with Crippen molar-refractivity contribution in [2.24, 2.45) is 0 Å². The second kappa shape index (κ2) is 8.43. The molecule has 2 aromatic heterocycles. The van der Waals surface area contributed by atoms with E-state index in [-0.39, 0.29) is 25.5 Å². The van der Waals surface area contributed by atoms with Crippen LogP contribution in [0.2, 0.25) is 0 Å². The van der Waals surface area contributed by atoms with Crippen molar-refractivity contribution in [2.75, 3.05) is 20.3 Å². The van der Waals surface area contributed by atoms with Gasteiger partial charge in [-0.25, -0.2) is 14.9 Å². The number of aromatic nitrogens is 1. The molecule has 0 aliphatic heterocycles. The van der Waals surface area contributed by atoms with Crippen molar-refractivity contribution in [1.29, 1.82) is 0 Å². The number of aliphatic hydroxyl groups excluding tert-OH is 1. The number of hydrogen-bond donors (Lipinski definition) is 2. The summed E-state index contributed by atoms with van der Waals surface area (Å²) in [5.74, 6) is -0.356. The molecule has 2 heterocycles. The van der Waals surface area contributed by atoms with E-state index in [1.54, 1.807) is 18.2 Å². The first-order valence-electron chi connectivity index (χ1n) is 8.28. The fourth-order valence-electron chi connectivity index (χ4n) is 2.68. The lowest BCUT2D eigenvalue weighted by Crippen LogP contribution is -2.25. The highest BCUT2D eigenvalue weighted by Crippen LogP contribution is 2.33.